The van der Waals surface area contributed by atoms with E-state index < -0.39 is 15.6 Å². The first-order valence-electron chi connectivity index (χ1n) is 7.23. The maximum atomic E-state index is 12.7. The van der Waals surface area contributed by atoms with Gasteiger partial charge in [-0.3, -0.25) is 0 Å². The van der Waals surface area contributed by atoms with Crippen molar-refractivity contribution >= 4 is 10.0 Å². The van der Waals surface area contributed by atoms with Crippen LogP contribution in [0.15, 0.2) is 29.2 Å². The van der Waals surface area contributed by atoms with Crippen LogP contribution in [-0.2, 0) is 16.6 Å². The number of sulfonamides is 1. The van der Waals surface area contributed by atoms with Crippen molar-refractivity contribution in [3.05, 3.63) is 29.8 Å². The fourth-order valence-electron chi connectivity index (χ4n) is 2.88. The van der Waals surface area contributed by atoms with Gasteiger partial charge in [-0.15, -0.1) is 0 Å². The normalized spacial score (nSPS) is 13.4. The van der Waals surface area contributed by atoms with Gasteiger partial charge in [0.15, 0.2) is 0 Å². The molecule has 0 radical (unpaired) electrons. The fraction of sp³-hybridized carbons (Fsp3) is 0.625. The Balaban J connectivity index is 3.07. The van der Waals surface area contributed by atoms with Gasteiger partial charge in [-0.2, -0.15) is 0 Å². The molecule has 2 N–H and O–H groups in total. The number of hydrogen-bond donors (Lipinski definition) is 2. The molecule has 1 aromatic carbocycles. The highest BCUT2D eigenvalue weighted by atomic mass is 32.2. The van der Waals surface area contributed by atoms with Gasteiger partial charge in [0.05, 0.1) is 4.90 Å². The Morgan fingerprint density at radius 1 is 1.05 bits per heavy atom. The van der Waals surface area contributed by atoms with Crippen LogP contribution in [0.25, 0.3) is 0 Å². The molecule has 120 valence electrons. The third kappa shape index (κ3) is 5.77. The third-order valence-corrected chi connectivity index (χ3v) is 4.81. The van der Waals surface area contributed by atoms with Gasteiger partial charge in [0.25, 0.3) is 0 Å². The van der Waals surface area contributed by atoms with Crippen LogP contribution in [0.2, 0.25) is 0 Å². The summed E-state index contributed by atoms with van der Waals surface area (Å²) in [6.45, 7) is 10.7. The van der Waals surface area contributed by atoms with Crippen molar-refractivity contribution in [2.24, 2.45) is 5.41 Å². The molecule has 0 saturated carbocycles. The maximum absolute atomic E-state index is 12.7. The zero-order chi connectivity index (χ0) is 16.3. The second-order valence-corrected chi connectivity index (χ2v) is 9.02. The molecule has 1 aromatic rings. The first-order valence-corrected chi connectivity index (χ1v) is 8.72. The lowest BCUT2D eigenvalue weighted by Crippen LogP contribution is -2.45. The molecule has 1 rings (SSSR count). The quantitative estimate of drug-likeness (QED) is 0.849. The van der Waals surface area contributed by atoms with Crippen molar-refractivity contribution in [2.45, 2.75) is 58.0 Å². The van der Waals surface area contributed by atoms with Crippen molar-refractivity contribution in [3.63, 3.8) is 0 Å². The molecule has 0 fully saturated rings. The molecule has 0 amide bonds. The van der Waals surface area contributed by atoms with Gasteiger partial charge in [0.1, 0.15) is 0 Å². The monoisotopic (exact) mass is 312 g/mol. The minimum atomic E-state index is -3.53. The SMILES string of the molecule is CNCc1ccccc1S(=O)(=O)NC(C)(C)CC(C)(C)C. The first-order chi connectivity index (χ1) is 9.47. The number of benzene rings is 1. The Morgan fingerprint density at radius 3 is 2.14 bits per heavy atom. The summed E-state index contributed by atoms with van der Waals surface area (Å²) in [4.78, 5) is 0.348. The van der Waals surface area contributed by atoms with Crippen molar-refractivity contribution in [3.8, 4) is 0 Å². The van der Waals surface area contributed by atoms with Gasteiger partial charge < -0.3 is 5.32 Å². The summed E-state index contributed by atoms with van der Waals surface area (Å²) in [5.74, 6) is 0. The largest absolute Gasteiger partial charge is 0.316 e. The van der Waals surface area contributed by atoms with Crippen molar-refractivity contribution < 1.29 is 8.42 Å². The van der Waals surface area contributed by atoms with Crippen LogP contribution >= 0.6 is 0 Å². The molecule has 0 heterocycles. The Bertz CT molecular complexity index is 572. The molecular weight excluding hydrogens is 284 g/mol. The standard InChI is InChI=1S/C16H28N2O2S/c1-15(2,3)12-16(4,5)18-21(19,20)14-10-8-7-9-13(14)11-17-6/h7-10,17-18H,11-12H2,1-6H3. The molecule has 0 aliphatic rings. The van der Waals surface area contributed by atoms with Gasteiger partial charge in [-0.05, 0) is 44.4 Å². The lowest BCUT2D eigenvalue weighted by molar-refractivity contribution is 0.269. The summed E-state index contributed by atoms with van der Waals surface area (Å²) in [6.07, 6.45) is 0.757. The van der Waals surface area contributed by atoms with Crippen LogP contribution < -0.4 is 10.0 Å². The smallest absolute Gasteiger partial charge is 0.241 e. The highest BCUT2D eigenvalue weighted by Gasteiger charge is 2.31. The van der Waals surface area contributed by atoms with Gasteiger partial charge in [0.2, 0.25) is 10.0 Å². The number of nitrogens with one attached hydrogen (secondary N) is 2. The van der Waals surface area contributed by atoms with E-state index in [-0.39, 0.29) is 5.41 Å². The Hall–Kier alpha value is -0.910. The molecule has 21 heavy (non-hydrogen) atoms. The summed E-state index contributed by atoms with van der Waals surface area (Å²) >= 11 is 0. The Kier molecular flexibility index (Phi) is 5.58. The highest BCUT2D eigenvalue weighted by molar-refractivity contribution is 7.89. The Labute approximate surface area is 129 Å². The van der Waals surface area contributed by atoms with E-state index in [0.717, 1.165) is 12.0 Å². The second-order valence-electron chi connectivity index (χ2n) is 7.36. The van der Waals surface area contributed by atoms with Gasteiger partial charge in [-0.25, -0.2) is 13.1 Å². The summed E-state index contributed by atoms with van der Waals surface area (Å²) in [6, 6.07) is 7.10. The molecule has 0 atom stereocenters. The molecule has 5 heteroatoms. The molecule has 0 spiro atoms. The molecule has 0 aliphatic carbocycles. The van der Waals surface area contributed by atoms with E-state index in [0.29, 0.717) is 11.4 Å². The average molecular weight is 312 g/mol. The van der Waals surface area contributed by atoms with E-state index >= 15 is 0 Å². The highest BCUT2D eigenvalue weighted by Crippen LogP contribution is 2.28. The molecule has 0 aromatic heterocycles. The van der Waals surface area contributed by atoms with Gasteiger partial charge in [0, 0.05) is 12.1 Å². The van der Waals surface area contributed by atoms with E-state index in [9.17, 15) is 8.42 Å². The molecule has 0 bridgehead atoms. The van der Waals surface area contributed by atoms with E-state index in [1.54, 1.807) is 19.2 Å². The summed E-state index contributed by atoms with van der Waals surface area (Å²) in [7, 11) is -1.73. The van der Waals surface area contributed by atoms with Crippen LogP contribution in [0.4, 0.5) is 0 Å². The predicted molar refractivity (Wildman–Crippen MR) is 87.7 cm³/mol. The second kappa shape index (κ2) is 6.46. The summed E-state index contributed by atoms with van der Waals surface area (Å²) < 4.78 is 28.2. The fourth-order valence-corrected chi connectivity index (χ4v) is 4.54. The average Bonchev–Trinajstić information content (AvgIpc) is 2.24. The molecular formula is C16H28N2O2S. The van der Waals surface area contributed by atoms with Crippen LogP contribution in [0.5, 0.6) is 0 Å². The van der Waals surface area contributed by atoms with E-state index in [1.807, 2.05) is 26.0 Å². The molecule has 0 unspecified atom stereocenters. The molecule has 0 saturated heterocycles. The van der Waals surface area contributed by atoms with E-state index in [4.69, 9.17) is 0 Å². The van der Waals surface area contributed by atoms with Crippen molar-refractivity contribution in [2.75, 3.05) is 7.05 Å². The minimum absolute atomic E-state index is 0.0521. The topological polar surface area (TPSA) is 58.2 Å². The van der Waals surface area contributed by atoms with E-state index in [2.05, 4.69) is 30.8 Å². The zero-order valence-corrected chi connectivity index (χ0v) is 14.8. The van der Waals surface area contributed by atoms with Crippen molar-refractivity contribution in [1.82, 2.24) is 10.0 Å². The predicted octanol–water partition coefficient (Wildman–Crippen LogP) is 2.90. The number of hydrogen-bond acceptors (Lipinski definition) is 3. The minimum Gasteiger partial charge on any atom is -0.316 e. The third-order valence-electron chi connectivity index (χ3n) is 3.01. The lowest BCUT2D eigenvalue weighted by atomic mass is 9.82. The molecule has 0 aliphatic heterocycles. The van der Waals surface area contributed by atoms with Crippen LogP contribution in [0, 0.1) is 5.41 Å². The lowest BCUT2D eigenvalue weighted by Gasteiger charge is -2.33. The summed E-state index contributed by atoms with van der Waals surface area (Å²) in [5.41, 5.74) is 0.333. The van der Waals surface area contributed by atoms with Gasteiger partial charge in [-0.1, -0.05) is 39.0 Å². The van der Waals surface area contributed by atoms with Crippen LogP contribution in [0.3, 0.4) is 0 Å². The van der Waals surface area contributed by atoms with Crippen molar-refractivity contribution in [1.29, 1.82) is 0 Å². The maximum Gasteiger partial charge on any atom is 0.241 e. The van der Waals surface area contributed by atoms with Crippen LogP contribution in [-0.4, -0.2) is 21.0 Å². The van der Waals surface area contributed by atoms with E-state index in [1.165, 1.54) is 0 Å². The zero-order valence-electron chi connectivity index (χ0n) is 13.9. The molecule has 4 nitrogen and oxygen atoms in total. The number of rotatable bonds is 6. The Morgan fingerprint density at radius 2 is 1.62 bits per heavy atom. The summed E-state index contributed by atoms with van der Waals surface area (Å²) in [5, 5.41) is 3.01. The first kappa shape index (κ1) is 18.1. The van der Waals surface area contributed by atoms with Gasteiger partial charge >= 0.3 is 0 Å². The van der Waals surface area contributed by atoms with Crippen LogP contribution in [0.1, 0.15) is 46.6 Å².